The summed E-state index contributed by atoms with van der Waals surface area (Å²) in [5, 5.41) is 7.60. The number of hydrogen-bond acceptors (Lipinski definition) is 7. The minimum Gasteiger partial charge on any atom is -0.494 e. The van der Waals surface area contributed by atoms with Gasteiger partial charge in [-0.1, -0.05) is 48.9 Å². The van der Waals surface area contributed by atoms with Crippen molar-refractivity contribution in [2.75, 3.05) is 13.2 Å². The first kappa shape index (κ1) is 26.8. The molecule has 0 fully saturated rings. The molecule has 1 heterocycles. The molecule has 0 unspecified atom stereocenters. The van der Waals surface area contributed by atoms with Gasteiger partial charge in [-0.05, 0) is 54.4 Å². The van der Waals surface area contributed by atoms with Crippen molar-refractivity contribution in [2.45, 2.75) is 13.3 Å². The molecule has 0 bridgehead atoms. The number of nitrogens with one attached hydrogen (secondary N) is 2. The summed E-state index contributed by atoms with van der Waals surface area (Å²) in [5.41, 5.74) is 3.35. The Morgan fingerprint density at radius 2 is 1.79 bits per heavy atom. The number of amides is 2. The number of thiophene rings is 1. The number of hydrazone groups is 1. The first-order valence-corrected chi connectivity index (χ1v) is 13.0. The number of rotatable bonds is 10. The molecule has 3 aromatic carbocycles. The normalized spacial score (nSPS) is 10.9. The fraction of sp³-hybridized carbons (Fsp3) is 0.143. The molecule has 1 aromatic heterocycles. The second kappa shape index (κ2) is 12.8. The van der Waals surface area contributed by atoms with E-state index in [0.29, 0.717) is 39.1 Å². The SMILES string of the molecule is CCCOc1ccc(C(=O)NCC(=O)NN=Cc2cccc(OC(=O)c3sc4ccccc4c3Cl)c2)cc1. The third kappa shape index (κ3) is 6.96. The van der Waals surface area contributed by atoms with Gasteiger partial charge in [0.2, 0.25) is 0 Å². The Kier molecular flexibility index (Phi) is 9.07. The lowest BCUT2D eigenvalue weighted by Crippen LogP contribution is -2.34. The number of esters is 1. The second-order valence-corrected chi connectivity index (χ2v) is 9.48. The van der Waals surface area contributed by atoms with E-state index in [2.05, 4.69) is 15.8 Å². The summed E-state index contributed by atoms with van der Waals surface area (Å²) < 4.78 is 11.9. The molecule has 0 spiro atoms. The number of halogens is 1. The smallest absolute Gasteiger partial charge is 0.355 e. The van der Waals surface area contributed by atoms with E-state index in [1.165, 1.54) is 17.6 Å². The molecule has 0 aliphatic carbocycles. The van der Waals surface area contributed by atoms with E-state index in [9.17, 15) is 14.4 Å². The third-order valence-corrected chi connectivity index (χ3v) is 6.85. The van der Waals surface area contributed by atoms with Gasteiger partial charge >= 0.3 is 5.97 Å². The van der Waals surface area contributed by atoms with Crippen LogP contribution in [0.5, 0.6) is 11.5 Å². The van der Waals surface area contributed by atoms with Crippen LogP contribution in [0.4, 0.5) is 0 Å². The summed E-state index contributed by atoms with van der Waals surface area (Å²) in [6.45, 7) is 2.36. The summed E-state index contributed by atoms with van der Waals surface area (Å²) in [6.07, 6.45) is 2.29. The van der Waals surface area contributed by atoms with Crippen LogP contribution in [0.2, 0.25) is 5.02 Å². The quantitative estimate of drug-likeness (QED) is 0.118. The molecule has 4 aromatic rings. The van der Waals surface area contributed by atoms with E-state index < -0.39 is 11.9 Å². The third-order valence-electron chi connectivity index (χ3n) is 5.19. The monoisotopic (exact) mass is 549 g/mol. The summed E-state index contributed by atoms with van der Waals surface area (Å²) in [6, 6.07) is 20.8. The van der Waals surface area contributed by atoms with E-state index in [4.69, 9.17) is 21.1 Å². The summed E-state index contributed by atoms with van der Waals surface area (Å²) in [5.74, 6) is -0.466. The number of nitrogens with zero attached hydrogens (tertiary/aromatic N) is 1. The highest BCUT2D eigenvalue weighted by atomic mass is 35.5. The maximum atomic E-state index is 12.7. The van der Waals surface area contributed by atoms with Gasteiger partial charge < -0.3 is 14.8 Å². The molecule has 0 saturated carbocycles. The molecule has 194 valence electrons. The molecule has 2 amide bonds. The molecular formula is C28H24ClN3O5S. The zero-order valence-corrected chi connectivity index (χ0v) is 22.0. The molecule has 38 heavy (non-hydrogen) atoms. The van der Waals surface area contributed by atoms with Crippen molar-refractivity contribution in [2.24, 2.45) is 5.10 Å². The molecule has 0 aliphatic heterocycles. The van der Waals surface area contributed by atoms with Crippen LogP contribution < -0.4 is 20.2 Å². The van der Waals surface area contributed by atoms with Crippen molar-refractivity contribution < 1.29 is 23.9 Å². The lowest BCUT2D eigenvalue weighted by Gasteiger charge is -2.07. The zero-order valence-electron chi connectivity index (χ0n) is 20.4. The molecule has 8 nitrogen and oxygen atoms in total. The van der Waals surface area contributed by atoms with E-state index in [1.807, 2.05) is 31.2 Å². The Labute approximate surface area is 228 Å². The first-order chi connectivity index (χ1) is 18.4. The lowest BCUT2D eigenvalue weighted by molar-refractivity contribution is -0.120. The number of hydrogen-bond donors (Lipinski definition) is 2. The van der Waals surface area contributed by atoms with Crippen molar-refractivity contribution in [1.82, 2.24) is 10.7 Å². The number of fused-ring (bicyclic) bond motifs is 1. The fourth-order valence-electron chi connectivity index (χ4n) is 3.36. The largest absolute Gasteiger partial charge is 0.494 e. The molecule has 2 N–H and O–H groups in total. The standard InChI is InChI=1S/C28H24ClN3O5S/c1-2-14-36-20-12-10-19(11-13-20)27(34)30-17-24(33)32-31-16-18-6-5-7-21(15-18)37-28(35)26-25(29)22-8-3-4-9-23(22)38-26/h3-13,15-16H,2,14,17H2,1H3,(H,30,34)(H,32,33). The molecular weight excluding hydrogens is 526 g/mol. The molecule has 0 atom stereocenters. The van der Waals surface area contributed by atoms with Crippen LogP contribution in [0.1, 0.15) is 38.9 Å². The Balaban J connectivity index is 1.27. The van der Waals surface area contributed by atoms with Crippen LogP contribution in [-0.4, -0.2) is 37.1 Å². The van der Waals surface area contributed by atoms with Crippen molar-refractivity contribution in [3.05, 3.63) is 93.8 Å². The van der Waals surface area contributed by atoms with Crippen LogP contribution in [0, 0.1) is 0 Å². The van der Waals surface area contributed by atoms with Gasteiger partial charge in [-0.3, -0.25) is 9.59 Å². The maximum absolute atomic E-state index is 12.7. The van der Waals surface area contributed by atoms with Crippen LogP contribution in [-0.2, 0) is 4.79 Å². The molecule has 0 aliphatic rings. The molecule has 0 radical (unpaired) electrons. The minimum atomic E-state index is -0.558. The van der Waals surface area contributed by atoms with Gasteiger partial charge in [0.05, 0.1) is 24.4 Å². The summed E-state index contributed by atoms with van der Waals surface area (Å²) in [7, 11) is 0. The van der Waals surface area contributed by atoms with Gasteiger partial charge in [-0.25, -0.2) is 10.2 Å². The Morgan fingerprint density at radius 1 is 1.00 bits per heavy atom. The summed E-state index contributed by atoms with van der Waals surface area (Å²) in [4.78, 5) is 37.3. The van der Waals surface area contributed by atoms with Crippen LogP contribution in [0.15, 0.2) is 77.9 Å². The van der Waals surface area contributed by atoms with Crippen molar-refractivity contribution >= 4 is 57.0 Å². The van der Waals surface area contributed by atoms with Crippen LogP contribution in [0.3, 0.4) is 0 Å². The fourth-order valence-corrected chi connectivity index (χ4v) is 4.75. The van der Waals surface area contributed by atoms with Gasteiger partial charge in [0.1, 0.15) is 16.4 Å². The maximum Gasteiger partial charge on any atom is 0.355 e. The highest BCUT2D eigenvalue weighted by Gasteiger charge is 2.19. The Hall–Kier alpha value is -4.21. The van der Waals surface area contributed by atoms with Crippen LogP contribution in [0.25, 0.3) is 10.1 Å². The van der Waals surface area contributed by atoms with E-state index in [0.717, 1.165) is 16.5 Å². The Bertz CT molecular complexity index is 1480. The second-order valence-electron chi connectivity index (χ2n) is 8.05. The van der Waals surface area contributed by atoms with E-state index >= 15 is 0 Å². The number of benzene rings is 3. The summed E-state index contributed by atoms with van der Waals surface area (Å²) >= 11 is 7.63. The average molecular weight is 550 g/mol. The van der Waals surface area contributed by atoms with Gasteiger partial charge in [-0.15, -0.1) is 11.3 Å². The van der Waals surface area contributed by atoms with E-state index in [-0.39, 0.29) is 12.5 Å². The molecule has 4 rings (SSSR count). The van der Waals surface area contributed by atoms with Gasteiger partial charge in [0.25, 0.3) is 11.8 Å². The number of carbonyl (C=O) groups is 3. The van der Waals surface area contributed by atoms with Crippen molar-refractivity contribution in [3.8, 4) is 11.5 Å². The zero-order chi connectivity index (χ0) is 26.9. The van der Waals surface area contributed by atoms with Crippen LogP contribution >= 0.6 is 22.9 Å². The van der Waals surface area contributed by atoms with Gasteiger partial charge in [0, 0.05) is 15.6 Å². The average Bonchev–Trinajstić information content (AvgIpc) is 3.27. The lowest BCUT2D eigenvalue weighted by atomic mass is 10.2. The number of carbonyl (C=O) groups excluding carboxylic acids is 3. The van der Waals surface area contributed by atoms with Crippen molar-refractivity contribution in [1.29, 1.82) is 0 Å². The van der Waals surface area contributed by atoms with E-state index in [1.54, 1.807) is 48.5 Å². The minimum absolute atomic E-state index is 0.252. The van der Waals surface area contributed by atoms with Crippen molar-refractivity contribution in [3.63, 3.8) is 0 Å². The highest BCUT2D eigenvalue weighted by Crippen LogP contribution is 2.35. The number of ether oxygens (including phenoxy) is 2. The first-order valence-electron chi connectivity index (χ1n) is 11.8. The topological polar surface area (TPSA) is 106 Å². The van der Waals surface area contributed by atoms with Gasteiger partial charge in [-0.2, -0.15) is 5.10 Å². The van der Waals surface area contributed by atoms with Gasteiger partial charge in [0.15, 0.2) is 0 Å². The molecule has 10 heteroatoms. The predicted octanol–water partition coefficient (Wildman–Crippen LogP) is 5.44. The Morgan fingerprint density at radius 3 is 2.55 bits per heavy atom. The highest BCUT2D eigenvalue weighted by molar-refractivity contribution is 7.21. The molecule has 0 saturated heterocycles. The predicted molar refractivity (Wildman–Crippen MR) is 149 cm³/mol.